The van der Waals surface area contributed by atoms with Gasteiger partial charge < -0.3 is 9.80 Å². The average molecular weight is 443 g/mol. The minimum atomic E-state index is -0.117. The molecule has 5 rings (SSSR count). The lowest BCUT2D eigenvalue weighted by Gasteiger charge is -2.37. The van der Waals surface area contributed by atoms with Crippen molar-refractivity contribution in [3.8, 4) is 0 Å². The van der Waals surface area contributed by atoms with Crippen LogP contribution in [0.3, 0.4) is 0 Å². The molecular formula is C24H28ClFN4O. The van der Waals surface area contributed by atoms with Crippen molar-refractivity contribution < 1.29 is 9.18 Å². The first-order valence-corrected chi connectivity index (χ1v) is 10.9. The van der Waals surface area contributed by atoms with Gasteiger partial charge in [-0.3, -0.25) is 9.48 Å². The van der Waals surface area contributed by atoms with Crippen LogP contribution in [-0.2, 0) is 13.0 Å². The highest BCUT2D eigenvalue weighted by Crippen LogP contribution is 2.25. The van der Waals surface area contributed by atoms with Crippen LogP contribution in [0.5, 0.6) is 0 Å². The van der Waals surface area contributed by atoms with Crippen LogP contribution in [0.2, 0.25) is 0 Å². The van der Waals surface area contributed by atoms with Crippen LogP contribution in [-0.4, -0.2) is 58.2 Å². The summed E-state index contributed by atoms with van der Waals surface area (Å²) in [6.07, 6.45) is 3.00. The third-order valence-corrected chi connectivity index (χ3v) is 6.45. The molecule has 0 saturated carbocycles. The molecule has 1 saturated heterocycles. The summed E-state index contributed by atoms with van der Waals surface area (Å²) in [4.78, 5) is 17.6. The van der Waals surface area contributed by atoms with E-state index in [1.165, 1.54) is 6.07 Å². The fraction of sp³-hybridized carbons (Fsp3) is 0.417. The number of carbonyl (C=O) groups excluding carboxylic acids is 1. The van der Waals surface area contributed by atoms with Gasteiger partial charge in [-0.2, -0.15) is 5.10 Å². The van der Waals surface area contributed by atoms with E-state index < -0.39 is 0 Å². The van der Waals surface area contributed by atoms with Gasteiger partial charge in [0.15, 0.2) is 0 Å². The van der Waals surface area contributed by atoms with Crippen molar-refractivity contribution in [2.24, 2.45) is 5.92 Å². The molecule has 2 aliphatic heterocycles. The van der Waals surface area contributed by atoms with Crippen molar-refractivity contribution in [1.82, 2.24) is 19.6 Å². The molecule has 0 spiro atoms. The van der Waals surface area contributed by atoms with Crippen LogP contribution >= 0.6 is 12.4 Å². The second-order valence-electron chi connectivity index (χ2n) is 8.49. The Morgan fingerprint density at radius 1 is 1.03 bits per heavy atom. The number of hydrogen-bond donors (Lipinski definition) is 0. The molecule has 5 nitrogen and oxygen atoms in total. The number of carbonyl (C=O) groups is 1. The number of fused-ring (bicyclic) bond motifs is 3. The number of benzene rings is 2. The zero-order chi connectivity index (χ0) is 20.5. The number of aromatic nitrogens is 2. The Balaban J connectivity index is 0.00000231. The summed E-state index contributed by atoms with van der Waals surface area (Å²) in [5.41, 5.74) is 2.40. The van der Waals surface area contributed by atoms with E-state index in [4.69, 9.17) is 0 Å². The highest BCUT2D eigenvalue weighted by atomic mass is 35.5. The largest absolute Gasteiger partial charge is 0.335 e. The maximum atomic E-state index is 13.9. The molecule has 7 heteroatoms. The van der Waals surface area contributed by atoms with E-state index >= 15 is 0 Å². The van der Waals surface area contributed by atoms with Crippen molar-refractivity contribution in [1.29, 1.82) is 0 Å². The lowest BCUT2D eigenvalue weighted by molar-refractivity contribution is 0.0619. The molecule has 31 heavy (non-hydrogen) atoms. The number of rotatable bonds is 5. The maximum Gasteiger partial charge on any atom is 0.272 e. The molecule has 0 bridgehead atoms. The van der Waals surface area contributed by atoms with E-state index in [9.17, 15) is 9.18 Å². The predicted molar refractivity (Wildman–Crippen MR) is 122 cm³/mol. The molecule has 1 unspecified atom stereocenters. The quantitative estimate of drug-likeness (QED) is 0.599. The zero-order valence-electron chi connectivity index (χ0n) is 17.5. The molecule has 164 valence electrons. The highest BCUT2D eigenvalue weighted by Gasteiger charge is 2.31. The van der Waals surface area contributed by atoms with E-state index in [1.54, 1.807) is 6.07 Å². The molecule has 1 amide bonds. The number of hydrogen-bond acceptors (Lipinski definition) is 3. The van der Waals surface area contributed by atoms with Gasteiger partial charge in [0.2, 0.25) is 0 Å². The SMILES string of the molecule is Cl.O=C1c2c3ccccc3nn2CCN1CC1CCCN(CCc2ccccc2F)C1. The number of piperidine rings is 1. The second kappa shape index (κ2) is 9.37. The third kappa shape index (κ3) is 4.46. The van der Waals surface area contributed by atoms with Crippen LogP contribution in [0.4, 0.5) is 4.39 Å². The summed E-state index contributed by atoms with van der Waals surface area (Å²) in [6, 6.07) is 14.9. The zero-order valence-corrected chi connectivity index (χ0v) is 18.4. The Kier molecular flexibility index (Phi) is 6.58. The Labute approximate surface area is 188 Å². The van der Waals surface area contributed by atoms with Crippen LogP contribution in [0.1, 0.15) is 28.9 Å². The number of likely N-dealkylation sites (tertiary alicyclic amines) is 1. The minimum absolute atomic E-state index is 0. The lowest BCUT2D eigenvalue weighted by atomic mass is 9.96. The van der Waals surface area contributed by atoms with Gasteiger partial charge in [-0.05, 0) is 49.4 Å². The van der Waals surface area contributed by atoms with E-state index in [1.807, 2.05) is 46.0 Å². The molecular weight excluding hydrogens is 415 g/mol. The maximum absolute atomic E-state index is 13.9. The second-order valence-corrected chi connectivity index (χ2v) is 8.49. The average Bonchev–Trinajstić information content (AvgIpc) is 3.15. The van der Waals surface area contributed by atoms with Crippen LogP contribution in [0.15, 0.2) is 48.5 Å². The molecule has 2 aromatic carbocycles. The van der Waals surface area contributed by atoms with E-state index in [2.05, 4.69) is 10.00 Å². The normalized spacial score (nSPS) is 19.3. The summed E-state index contributed by atoms with van der Waals surface area (Å²) in [5, 5.41) is 5.53. The summed E-state index contributed by atoms with van der Waals surface area (Å²) in [6.45, 7) is 5.14. The molecule has 0 radical (unpaired) electrons. The van der Waals surface area contributed by atoms with Crippen LogP contribution in [0, 0.1) is 11.7 Å². The highest BCUT2D eigenvalue weighted by molar-refractivity contribution is 6.05. The smallest absolute Gasteiger partial charge is 0.272 e. The Hall–Kier alpha value is -2.44. The van der Waals surface area contributed by atoms with Gasteiger partial charge in [0, 0.05) is 31.6 Å². The van der Waals surface area contributed by atoms with Gasteiger partial charge in [-0.1, -0.05) is 36.4 Å². The Morgan fingerprint density at radius 2 is 1.84 bits per heavy atom. The van der Waals surface area contributed by atoms with Gasteiger partial charge >= 0.3 is 0 Å². The van der Waals surface area contributed by atoms with Crippen LogP contribution in [0.25, 0.3) is 10.9 Å². The molecule has 3 heterocycles. The van der Waals surface area contributed by atoms with Crippen LogP contribution < -0.4 is 0 Å². The lowest BCUT2D eigenvalue weighted by Crippen LogP contribution is -2.46. The Bertz CT molecular complexity index is 1070. The first-order chi connectivity index (χ1) is 14.7. The van der Waals surface area contributed by atoms with Crippen molar-refractivity contribution in [2.45, 2.75) is 25.8 Å². The summed E-state index contributed by atoms with van der Waals surface area (Å²) in [7, 11) is 0. The molecule has 0 N–H and O–H groups in total. The topological polar surface area (TPSA) is 41.4 Å². The fourth-order valence-corrected chi connectivity index (χ4v) is 4.90. The fourth-order valence-electron chi connectivity index (χ4n) is 4.90. The van der Waals surface area contributed by atoms with Crippen molar-refractivity contribution in [2.75, 3.05) is 32.7 Å². The number of amides is 1. The third-order valence-electron chi connectivity index (χ3n) is 6.45. The van der Waals surface area contributed by atoms with Gasteiger partial charge in [-0.25, -0.2) is 4.39 Å². The first-order valence-electron chi connectivity index (χ1n) is 10.9. The van der Waals surface area contributed by atoms with Gasteiger partial charge in [0.05, 0.1) is 12.1 Å². The molecule has 1 fully saturated rings. The predicted octanol–water partition coefficient (Wildman–Crippen LogP) is 4.01. The first kappa shape index (κ1) is 21.8. The molecule has 2 aliphatic rings. The molecule has 1 aromatic heterocycles. The molecule has 3 aromatic rings. The summed E-state index contributed by atoms with van der Waals surface area (Å²) < 4.78 is 15.8. The number of halogens is 2. The van der Waals surface area contributed by atoms with E-state index in [0.29, 0.717) is 12.5 Å². The van der Waals surface area contributed by atoms with Crippen molar-refractivity contribution in [3.63, 3.8) is 0 Å². The van der Waals surface area contributed by atoms with Crippen molar-refractivity contribution >= 4 is 29.2 Å². The molecule has 0 aliphatic carbocycles. The van der Waals surface area contributed by atoms with E-state index in [0.717, 1.165) is 74.1 Å². The standard InChI is InChI=1S/C24H27FN4O.ClH/c25-21-9-3-1-7-19(21)11-13-27-12-5-6-18(16-27)17-28-14-15-29-23(24(28)30)20-8-2-4-10-22(20)26-29;/h1-4,7-10,18H,5-6,11-17H2;1H. The number of nitrogens with zero attached hydrogens (tertiary/aromatic N) is 4. The van der Waals surface area contributed by atoms with E-state index in [-0.39, 0.29) is 24.1 Å². The van der Waals surface area contributed by atoms with Gasteiger partial charge in [0.25, 0.3) is 5.91 Å². The monoisotopic (exact) mass is 442 g/mol. The Morgan fingerprint density at radius 3 is 2.71 bits per heavy atom. The minimum Gasteiger partial charge on any atom is -0.335 e. The van der Waals surface area contributed by atoms with Gasteiger partial charge in [0.1, 0.15) is 11.5 Å². The molecule has 1 atom stereocenters. The summed E-state index contributed by atoms with van der Waals surface area (Å²) in [5.74, 6) is 0.441. The van der Waals surface area contributed by atoms with Gasteiger partial charge in [-0.15, -0.1) is 12.4 Å². The summed E-state index contributed by atoms with van der Waals surface area (Å²) >= 11 is 0. The van der Waals surface area contributed by atoms with Crippen molar-refractivity contribution in [3.05, 3.63) is 65.6 Å².